The van der Waals surface area contributed by atoms with Crippen LogP contribution in [-0.2, 0) is 23.6 Å². The fourth-order valence-corrected chi connectivity index (χ4v) is 4.58. The van der Waals surface area contributed by atoms with Crippen LogP contribution in [0.1, 0.15) is 11.4 Å². The maximum atomic E-state index is 12.5. The second-order valence-corrected chi connectivity index (χ2v) is 7.92. The SMILES string of the molecule is Cc1ccc(S(=O)(=O)NCc2nc3ccccc3n2C)c(Br)c1. The largest absolute Gasteiger partial charge is 0.330 e. The molecule has 1 N–H and O–H groups in total. The summed E-state index contributed by atoms with van der Waals surface area (Å²) in [5.41, 5.74) is 2.81. The van der Waals surface area contributed by atoms with Gasteiger partial charge in [0.15, 0.2) is 0 Å². The first-order valence-electron chi connectivity index (χ1n) is 7.04. The number of aryl methyl sites for hydroxylation is 2. The Kier molecular flexibility index (Phi) is 4.27. The van der Waals surface area contributed by atoms with E-state index in [4.69, 9.17) is 0 Å². The van der Waals surface area contributed by atoms with Gasteiger partial charge in [-0.3, -0.25) is 0 Å². The first-order valence-corrected chi connectivity index (χ1v) is 9.32. The Morgan fingerprint density at radius 2 is 1.96 bits per heavy atom. The van der Waals surface area contributed by atoms with Gasteiger partial charge in [-0.15, -0.1) is 0 Å². The third-order valence-corrected chi connectivity index (χ3v) is 6.05. The lowest BCUT2D eigenvalue weighted by atomic mass is 10.2. The highest BCUT2D eigenvalue weighted by atomic mass is 79.9. The van der Waals surface area contributed by atoms with Crippen molar-refractivity contribution in [3.63, 3.8) is 0 Å². The zero-order valence-corrected chi connectivity index (χ0v) is 15.1. The second kappa shape index (κ2) is 6.07. The monoisotopic (exact) mass is 393 g/mol. The van der Waals surface area contributed by atoms with Crippen LogP contribution in [0.15, 0.2) is 51.8 Å². The van der Waals surface area contributed by atoms with Crippen molar-refractivity contribution >= 4 is 37.0 Å². The highest BCUT2D eigenvalue weighted by Crippen LogP contribution is 2.23. The van der Waals surface area contributed by atoms with Crippen molar-refractivity contribution in [1.29, 1.82) is 0 Å². The summed E-state index contributed by atoms with van der Waals surface area (Å²) in [4.78, 5) is 4.69. The predicted octanol–water partition coefficient (Wildman–Crippen LogP) is 3.12. The second-order valence-electron chi connectivity index (χ2n) is 5.33. The first-order chi connectivity index (χ1) is 10.9. The Hall–Kier alpha value is -1.70. The number of halogens is 1. The molecule has 0 amide bonds. The minimum Gasteiger partial charge on any atom is -0.330 e. The van der Waals surface area contributed by atoms with Crippen LogP contribution in [0.4, 0.5) is 0 Å². The van der Waals surface area contributed by atoms with Crippen LogP contribution in [0, 0.1) is 6.92 Å². The van der Waals surface area contributed by atoms with Gasteiger partial charge in [-0.05, 0) is 52.7 Å². The van der Waals surface area contributed by atoms with Gasteiger partial charge < -0.3 is 4.57 Å². The molecule has 0 spiro atoms. The molecule has 5 nitrogen and oxygen atoms in total. The predicted molar refractivity (Wildman–Crippen MR) is 93.6 cm³/mol. The maximum Gasteiger partial charge on any atom is 0.242 e. The fraction of sp³-hybridized carbons (Fsp3) is 0.188. The van der Waals surface area contributed by atoms with Gasteiger partial charge >= 0.3 is 0 Å². The van der Waals surface area contributed by atoms with E-state index in [0.717, 1.165) is 16.6 Å². The number of aromatic nitrogens is 2. The molecule has 0 saturated heterocycles. The number of sulfonamides is 1. The number of nitrogens with one attached hydrogen (secondary N) is 1. The van der Waals surface area contributed by atoms with E-state index >= 15 is 0 Å². The standard InChI is InChI=1S/C16H16BrN3O2S/c1-11-7-8-15(12(17)9-11)23(21,22)18-10-16-19-13-5-3-4-6-14(13)20(16)2/h3-9,18H,10H2,1-2H3. The minimum absolute atomic E-state index is 0.133. The number of benzene rings is 2. The van der Waals surface area contributed by atoms with Gasteiger partial charge in [-0.1, -0.05) is 18.2 Å². The smallest absolute Gasteiger partial charge is 0.242 e. The molecule has 0 radical (unpaired) electrons. The fourth-order valence-electron chi connectivity index (χ4n) is 2.41. The Morgan fingerprint density at radius 3 is 2.65 bits per heavy atom. The van der Waals surface area contributed by atoms with Gasteiger partial charge in [0, 0.05) is 11.5 Å². The number of hydrogen-bond acceptors (Lipinski definition) is 3. The molecule has 0 fully saturated rings. The van der Waals surface area contributed by atoms with Crippen LogP contribution in [0.25, 0.3) is 11.0 Å². The third-order valence-electron chi connectivity index (χ3n) is 3.68. The lowest BCUT2D eigenvalue weighted by Crippen LogP contribution is -2.25. The van der Waals surface area contributed by atoms with Crippen molar-refractivity contribution in [3.05, 3.63) is 58.3 Å². The molecule has 0 bridgehead atoms. The molecule has 120 valence electrons. The molecule has 0 unspecified atom stereocenters. The molecule has 1 aromatic heterocycles. The lowest BCUT2D eigenvalue weighted by molar-refractivity contribution is 0.577. The molecule has 0 aliphatic heterocycles. The van der Waals surface area contributed by atoms with Crippen LogP contribution in [0.3, 0.4) is 0 Å². The van der Waals surface area contributed by atoms with Gasteiger partial charge in [0.2, 0.25) is 10.0 Å². The average Bonchev–Trinajstić information content (AvgIpc) is 2.82. The lowest BCUT2D eigenvalue weighted by Gasteiger charge is -2.09. The van der Waals surface area contributed by atoms with Crippen LogP contribution in [0.5, 0.6) is 0 Å². The molecule has 2 aromatic carbocycles. The molecule has 1 heterocycles. The van der Waals surface area contributed by atoms with Gasteiger partial charge in [-0.2, -0.15) is 0 Å². The summed E-state index contributed by atoms with van der Waals surface area (Å²) in [6, 6.07) is 12.9. The van der Waals surface area contributed by atoms with E-state index in [9.17, 15) is 8.42 Å². The summed E-state index contributed by atoms with van der Waals surface area (Å²) in [5, 5.41) is 0. The maximum absolute atomic E-state index is 12.5. The van der Waals surface area contributed by atoms with Crippen LogP contribution in [-0.4, -0.2) is 18.0 Å². The number of imidazole rings is 1. The zero-order chi connectivity index (χ0) is 16.6. The van der Waals surface area contributed by atoms with Crippen LogP contribution in [0.2, 0.25) is 0 Å². The van der Waals surface area contributed by atoms with Crippen molar-refractivity contribution < 1.29 is 8.42 Å². The third kappa shape index (κ3) is 3.17. The van der Waals surface area contributed by atoms with E-state index < -0.39 is 10.0 Å². The molecule has 3 rings (SSSR count). The Balaban J connectivity index is 1.87. The summed E-state index contributed by atoms with van der Waals surface area (Å²) in [7, 11) is -1.73. The van der Waals surface area contributed by atoms with Crippen molar-refractivity contribution in [1.82, 2.24) is 14.3 Å². The van der Waals surface area contributed by atoms with E-state index in [0.29, 0.717) is 10.3 Å². The summed E-state index contributed by atoms with van der Waals surface area (Å²) >= 11 is 3.31. The highest BCUT2D eigenvalue weighted by Gasteiger charge is 2.18. The molecular weight excluding hydrogens is 378 g/mol. The van der Waals surface area contributed by atoms with E-state index in [1.54, 1.807) is 18.2 Å². The quantitative estimate of drug-likeness (QED) is 0.740. The topological polar surface area (TPSA) is 64.0 Å². The Bertz CT molecular complexity index is 980. The van der Waals surface area contributed by atoms with Crippen molar-refractivity contribution in [2.24, 2.45) is 7.05 Å². The molecule has 3 aromatic rings. The van der Waals surface area contributed by atoms with E-state index in [2.05, 4.69) is 25.6 Å². The van der Waals surface area contributed by atoms with Crippen LogP contribution < -0.4 is 4.72 Å². The van der Waals surface area contributed by atoms with Gasteiger partial charge in [-0.25, -0.2) is 18.1 Å². The number of rotatable bonds is 4. The first kappa shape index (κ1) is 16.2. The molecule has 0 saturated carbocycles. The Morgan fingerprint density at radius 1 is 1.22 bits per heavy atom. The van der Waals surface area contributed by atoms with Crippen molar-refractivity contribution in [2.45, 2.75) is 18.4 Å². The number of para-hydroxylation sites is 2. The van der Waals surface area contributed by atoms with Crippen LogP contribution >= 0.6 is 15.9 Å². The van der Waals surface area contributed by atoms with E-state index in [1.165, 1.54) is 0 Å². The number of hydrogen-bond donors (Lipinski definition) is 1. The number of nitrogens with zero attached hydrogens (tertiary/aromatic N) is 2. The molecule has 23 heavy (non-hydrogen) atoms. The number of fused-ring (bicyclic) bond motifs is 1. The summed E-state index contributed by atoms with van der Waals surface area (Å²) in [6.45, 7) is 2.04. The minimum atomic E-state index is -3.61. The highest BCUT2D eigenvalue weighted by molar-refractivity contribution is 9.10. The van der Waals surface area contributed by atoms with Gasteiger partial charge in [0.05, 0.1) is 22.5 Å². The molecule has 7 heteroatoms. The van der Waals surface area contributed by atoms with E-state index in [1.807, 2.05) is 42.8 Å². The normalized spacial score (nSPS) is 12.0. The molecular formula is C16H16BrN3O2S. The summed E-state index contributed by atoms with van der Waals surface area (Å²) in [5.74, 6) is 0.665. The molecule has 0 aliphatic rings. The van der Waals surface area contributed by atoms with Crippen molar-refractivity contribution in [2.75, 3.05) is 0 Å². The summed E-state index contributed by atoms with van der Waals surface area (Å²) in [6.07, 6.45) is 0. The zero-order valence-electron chi connectivity index (χ0n) is 12.7. The van der Waals surface area contributed by atoms with Gasteiger partial charge in [0.1, 0.15) is 5.82 Å². The molecule has 0 aliphatic carbocycles. The van der Waals surface area contributed by atoms with Gasteiger partial charge in [0.25, 0.3) is 0 Å². The average molecular weight is 394 g/mol. The van der Waals surface area contributed by atoms with Crippen molar-refractivity contribution in [3.8, 4) is 0 Å². The summed E-state index contributed by atoms with van der Waals surface area (Å²) < 4.78 is 30.0. The Labute approximate surface area is 143 Å². The van der Waals surface area contributed by atoms with E-state index in [-0.39, 0.29) is 11.4 Å². The molecule has 0 atom stereocenters.